The van der Waals surface area contributed by atoms with Gasteiger partial charge >= 0.3 is 0 Å². The quantitative estimate of drug-likeness (QED) is 0.586. The topological polar surface area (TPSA) is 65.8 Å². The summed E-state index contributed by atoms with van der Waals surface area (Å²) in [6, 6.07) is 8.63. The summed E-state index contributed by atoms with van der Waals surface area (Å²) in [5, 5.41) is 9.52. The lowest BCUT2D eigenvalue weighted by atomic mass is 10.1. The molecule has 3 aromatic rings. The molecule has 1 saturated heterocycles. The number of aromatic nitrogens is 3. The molecule has 7 nitrogen and oxygen atoms in total. The van der Waals surface area contributed by atoms with Crippen molar-refractivity contribution in [3.63, 3.8) is 0 Å². The summed E-state index contributed by atoms with van der Waals surface area (Å²) in [7, 11) is 0. The number of hydrogen-bond acceptors (Lipinski definition) is 6. The molecule has 1 aliphatic heterocycles. The Hall–Kier alpha value is -2.61. The predicted molar refractivity (Wildman–Crippen MR) is 133 cm³/mol. The number of aryl methyl sites for hydroxylation is 1. The van der Waals surface area contributed by atoms with Gasteiger partial charge in [-0.05, 0) is 39.2 Å². The van der Waals surface area contributed by atoms with Crippen molar-refractivity contribution in [2.24, 2.45) is 0 Å². The second-order valence-corrected chi connectivity index (χ2v) is 10.4. The highest BCUT2D eigenvalue weighted by atomic mass is 32.1. The van der Waals surface area contributed by atoms with Gasteiger partial charge in [0.25, 0.3) is 0 Å². The number of imidazole rings is 1. The number of fused-ring (bicyclic) bond motifs is 1. The molecule has 0 saturated carbocycles. The maximum atomic E-state index is 12.2. The molecule has 0 unspecified atom stereocenters. The molecule has 172 valence electrons. The van der Waals surface area contributed by atoms with Crippen LogP contribution in [0.25, 0.3) is 16.2 Å². The molecule has 1 amide bonds. The normalized spacial score (nSPS) is 14.9. The van der Waals surface area contributed by atoms with Crippen molar-refractivity contribution < 1.29 is 4.79 Å². The number of anilines is 2. The molecule has 0 radical (unpaired) electrons. The number of piperazine rings is 1. The molecule has 0 atom stereocenters. The Morgan fingerprint density at radius 2 is 1.78 bits per heavy atom. The Kier molecular flexibility index (Phi) is 6.42. The fourth-order valence-corrected chi connectivity index (χ4v) is 4.91. The minimum absolute atomic E-state index is 0.122. The van der Waals surface area contributed by atoms with Crippen molar-refractivity contribution in [2.75, 3.05) is 36.4 Å². The molecule has 1 N–H and O–H groups in total. The van der Waals surface area contributed by atoms with E-state index in [9.17, 15) is 4.79 Å². The summed E-state index contributed by atoms with van der Waals surface area (Å²) >= 11 is 1.61. The van der Waals surface area contributed by atoms with Gasteiger partial charge in [-0.2, -0.15) is 4.52 Å². The van der Waals surface area contributed by atoms with Crippen molar-refractivity contribution in [3.05, 3.63) is 29.8 Å². The second kappa shape index (κ2) is 9.10. The zero-order chi connectivity index (χ0) is 22.9. The zero-order valence-corrected chi connectivity index (χ0v) is 20.6. The maximum absolute atomic E-state index is 12.2. The van der Waals surface area contributed by atoms with Crippen molar-refractivity contribution in [1.82, 2.24) is 19.5 Å². The van der Waals surface area contributed by atoms with Gasteiger partial charge in [-0.1, -0.05) is 49.4 Å². The summed E-state index contributed by atoms with van der Waals surface area (Å²) < 4.78 is 1.95. The van der Waals surface area contributed by atoms with Crippen LogP contribution in [0.15, 0.2) is 24.3 Å². The van der Waals surface area contributed by atoms with Gasteiger partial charge in [-0.25, -0.2) is 4.98 Å². The Balaban J connectivity index is 1.62. The third kappa shape index (κ3) is 4.75. The van der Waals surface area contributed by atoms with E-state index in [1.165, 1.54) is 5.56 Å². The number of hydrogen-bond donors (Lipinski definition) is 1. The van der Waals surface area contributed by atoms with Gasteiger partial charge in [-0.3, -0.25) is 4.79 Å². The van der Waals surface area contributed by atoms with Crippen LogP contribution in [0.3, 0.4) is 0 Å². The zero-order valence-electron chi connectivity index (χ0n) is 19.8. The Morgan fingerprint density at radius 3 is 2.38 bits per heavy atom. The average molecular weight is 455 g/mol. The smallest absolute Gasteiger partial charge is 0.222 e. The predicted octanol–water partition coefficient (Wildman–Crippen LogP) is 4.68. The van der Waals surface area contributed by atoms with Crippen molar-refractivity contribution in [1.29, 1.82) is 0 Å². The first-order valence-electron chi connectivity index (χ1n) is 11.6. The van der Waals surface area contributed by atoms with Gasteiger partial charge in [0.05, 0.1) is 0 Å². The van der Waals surface area contributed by atoms with E-state index in [2.05, 4.69) is 69.1 Å². The van der Waals surface area contributed by atoms with Crippen molar-refractivity contribution >= 4 is 33.2 Å². The van der Waals surface area contributed by atoms with Gasteiger partial charge in [0.2, 0.25) is 16.0 Å². The highest BCUT2D eigenvalue weighted by molar-refractivity contribution is 7.20. The Morgan fingerprint density at radius 1 is 1.09 bits per heavy atom. The largest absolute Gasteiger partial charge is 0.364 e. The van der Waals surface area contributed by atoms with Crippen molar-refractivity contribution in [2.45, 2.75) is 59.4 Å². The van der Waals surface area contributed by atoms with Gasteiger partial charge in [0.15, 0.2) is 5.82 Å². The highest BCUT2D eigenvalue weighted by Gasteiger charge is 2.26. The molecule has 0 aliphatic carbocycles. The van der Waals surface area contributed by atoms with Crippen LogP contribution in [-0.4, -0.2) is 57.1 Å². The molecule has 0 spiro atoms. The lowest BCUT2D eigenvalue weighted by molar-refractivity contribution is -0.131. The first kappa shape index (κ1) is 22.6. The molecule has 1 aromatic carbocycles. The van der Waals surface area contributed by atoms with E-state index in [0.717, 1.165) is 66.2 Å². The van der Waals surface area contributed by atoms with E-state index < -0.39 is 0 Å². The molecule has 8 heteroatoms. The minimum atomic E-state index is -0.122. The van der Waals surface area contributed by atoms with E-state index in [1.807, 2.05) is 9.42 Å². The summed E-state index contributed by atoms with van der Waals surface area (Å²) in [4.78, 5) is 22.3. The molecule has 2 aromatic heterocycles. The third-order valence-corrected chi connectivity index (χ3v) is 6.66. The number of nitrogens with zero attached hydrogens (tertiary/aromatic N) is 5. The van der Waals surface area contributed by atoms with Gasteiger partial charge < -0.3 is 15.1 Å². The Labute approximate surface area is 194 Å². The van der Waals surface area contributed by atoms with Crippen LogP contribution in [0.2, 0.25) is 0 Å². The number of nitrogens with one attached hydrogen (secondary N) is 1. The molecular weight excluding hydrogens is 420 g/mol. The van der Waals surface area contributed by atoms with Crippen LogP contribution < -0.4 is 10.2 Å². The first-order chi connectivity index (χ1) is 15.3. The SMILES string of the molecule is CCCC(=O)N1CCN(c2nn3c(NC(C)(C)C)c(-c4ccc(CC)cc4)nc3s2)CC1. The van der Waals surface area contributed by atoms with Crippen LogP contribution in [0.1, 0.15) is 53.0 Å². The Bertz CT molecular complexity index is 1070. The van der Waals surface area contributed by atoms with E-state index in [0.29, 0.717) is 6.42 Å². The van der Waals surface area contributed by atoms with E-state index in [4.69, 9.17) is 10.1 Å². The van der Waals surface area contributed by atoms with E-state index in [-0.39, 0.29) is 11.4 Å². The van der Waals surface area contributed by atoms with Crippen LogP contribution in [-0.2, 0) is 11.2 Å². The number of rotatable bonds is 6. The summed E-state index contributed by atoms with van der Waals surface area (Å²) in [5.41, 5.74) is 3.22. The van der Waals surface area contributed by atoms with Crippen molar-refractivity contribution in [3.8, 4) is 11.3 Å². The number of carbonyl (C=O) groups excluding carboxylic acids is 1. The maximum Gasteiger partial charge on any atom is 0.222 e. The number of benzene rings is 1. The van der Waals surface area contributed by atoms with Gasteiger partial charge in [0, 0.05) is 43.7 Å². The van der Waals surface area contributed by atoms with Crippen LogP contribution >= 0.6 is 11.3 Å². The standard InChI is InChI=1S/C24H34N6OS/c1-6-8-19(31)28-13-15-29(16-14-28)23-27-30-21(26-24(3,4)5)20(25-22(30)32-23)18-11-9-17(7-2)10-12-18/h9-12,26H,6-8,13-16H2,1-5H3. The van der Waals surface area contributed by atoms with Crippen LogP contribution in [0.4, 0.5) is 10.9 Å². The fraction of sp³-hybridized carbons (Fsp3) is 0.542. The van der Waals surface area contributed by atoms with Crippen LogP contribution in [0, 0.1) is 0 Å². The van der Waals surface area contributed by atoms with Crippen LogP contribution in [0.5, 0.6) is 0 Å². The lowest BCUT2D eigenvalue weighted by Gasteiger charge is -2.34. The van der Waals surface area contributed by atoms with Gasteiger partial charge in [-0.15, -0.1) is 5.10 Å². The summed E-state index contributed by atoms with van der Waals surface area (Å²) in [6.07, 6.45) is 2.55. The monoisotopic (exact) mass is 454 g/mol. The lowest BCUT2D eigenvalue weighted by Crippen LogP contribution is -2.48. The molecule has 3 heterocycles. The highest BCUT2D eigenvalue weighted by Crippen LogP contribution is 2.35. The fourth-order valence-electron chi connectivity index (χ4n) is 3.95. The third-order valence-electron chi connectivity index (χ3n) is 5.69. The molecule has 32 heavy (non-hydrogen) atoms. The molecule has 1 aliphatic rings. The summed E-state index contributed by atoms with van der Waals surface area (Å²) in [5.74, 6) is 1.19. The van der Waals surface area contributed by atoms with E-state index >= 15 is 0 Å². The van der Waals surface area contributed by atoms with E-state index in [1.54, 1.807) is 11.3 Å². The molecular formula is C24H34N6OS. The minimum Gasteiger partial charge on any atom is -0.364 e. The van der Waals surface area contributed by atoms with Gasteiger partial charge in [0.1, 0.15) is 5.69 Å². The molecule has 4 rings (SSSR count). The summed E-state index contributed by atoms with van der Waals surface area (Å²) in [6.45, 7) is 13.8. The second-order valence-electron chi connectivity index (χ2n) is 9.43. The number of carbonyl (C=O) groups is 1. The molecule has 0 bridgehead atoms. The number of amides is 1. The average Bonchev–Trinajstić information content (AvgIpc) is 3.32. The molecule has 1 fully saturated rings. The first-order valence-corrected chi connectivity index (χ1v) is 12.4.